The second-order valence-electron chi connectivity index (χ2n) is 5.73. The van der Waals surface area contributed by atoms with Crippen molar-refractivity contribution in [2.45, 2.75) is 6.92 Å². The van der Waals surface area contributed by atoms with Gasteiger partial charge in [-0.05, 0) is 43.3 Å². The Labute approximate surface area is 150 Å². The lowest BCUT2D eigenvalue weighted by Gasteiger charge is -2.10. The molecule has 0 amide bonds. The summed E-state index contributed by atoms with van der Waals surface area (Å²) in [5, 5.41) is 15.3. The molecular weight excluding hydrogens is 330 g/mol. The molecule has 0 saturated heterocycles. The van der Waals surface area contributed by atoms with Crippen molar-refractivity contribution in [3.05, 3.63) is 59.8 Å². The average Bonchev–Trinajstić information content (AvgIpc) is 3.09. The van der Waals surface area contributed by atoms with Gasteiger partial charge in [0.05, 0.1) is 11.6 Å². The highest BCUT2D eigenvalue weighted by atomic mass is 16.7. The lowest BCUT2D eigenvalue weighted by Crippen LogP contribution is -2.02. The van der Waals surface area contributed by atoms with E-state index in [0.29, 0.717) is 23.1 Å². The van der Waals surface area contributed by atoms with Gasteiger partial charge in [-0.1, -0.05) is 0 Å². The molecule has 1 aromatic heterocycles. The summed E-state index contributed by atoms with van der Waals surface area (Å²) in [4.78, 5) is 8.90. The fourth-order valence-corrected chi connectivity index (χ4v) is 2.57. The minimum atomic E-state index is 0.235. The van der Waals surface area contributed by atoms with Crippen molar-refractivity contribution in [2.75, 3.05) is 17.4 Å². The highest BCUT2D eigenvalue weighted by Crippen LogP contribution is 2.34. The second-order valence-corrected chi connectivity index (χ2v) is 5.73. The highest BCUT2D eigenvalue weighted by Gasteiger charge is 2.13. The van der Waals surface area contributed by atoms with E-state index in [1.54, 1.807) is 12.1 Å². The van der Waals surface area contributed by atoms with Gasteiger partial charge in [-0.15, -0.1) is 0 Å². The van der Waals surface area contributed by atoms with Crippen molar-refractivity contribution in [3.8, 4) is 17.6 Å². The molecule has 3 aromatic rings. The Bertz CT molecular complexity index is 996. The maximum Gasteiger partial charge on any atom is 0.231 e. The number of hydrogen-bond acceptors (Lipinski definition) is 7. The van der Waals surface area contributed by atoms with Crippen LogP contribution in [0.1, 0.15) is 11.3 Å². The quantitative estimate of drug-likeness (QED) is 0.741. The van der Waals surface area contributed by atoms with Crippen LogP contribution in [0.2, 0.25) is 0 Å². The molecular formula is C19H15N5O2. The van der Waals surface area contributed by atoms with E-state index in [4.69, 9.17) is 14.7 Å². The van der Waals surface area contributed by atoms with Gasteiger partial charge in [0.2, 0.25) is 12.7 Å². The van der Waals surface area contributed by atoms with Gasteiger partial charge in [0, 0.05) is 29.2 Å². The van der Waals surface area contributed by atoms with Gasteiger partial charge in [0.25, 0.3) is 0 Å². The number of nitrogens with zero attached hydrogens (tertiary/aromatic N) is 3. The molecule has 0 spiro atoms. The van der Waals surface area contributed by atoms with E-state index in [1.165, 1.54) is 0 Å². The Morgan fingerprint density at radius 1 is 0.923 bits per heavy atom. The Morgan fingerprint density at radius 2 is 1.69 bits per heavy atom. The summed E-state index contributed by atoms with van der Waals surface area (Å²) in [6, 6.07) is 16.7. The molecule has 2 aromatic carbocycles. The molecule has 0 saturated carbocycles. The Hall–Kier alpha value is -3.79. The molecule has 0 atom stereocenters. The van der Waals surface area contributed by atoms with E-state index in [-0.39, 0.29) is 6.79 Å². The summed E-state index contributed by atoms with van der Waals surface area (Å²) in [5.74, 6) is 2.55. The van der Waals surface area contributed by atoms with E-state index < -0.39 is 0 Å². The largest absolute Gasteiger partial charge is 0.454 e. The van der Waals surface area contributed by atoms with E-state index >= 15 is 0 Å². The van der Waals surface area contributed by atoms with Crippen molar-refractivity contribution in [1.82, 2.24) is 9.97 Å². The smallest absolute Gasteiger partial charge is 0.231 e. The monoisotopic (exact) mass is 345 g/mol. The van der Waals surface area contributed by atoms with Crippen LogP contribution in [0, 0.1) is 18.3 Å². The number of aryl methyl sites for hydroxylation is 1. The summed E-state index contributed by atoms with van der Waals surface area (Å²) in [5.41, 5.74) is 3.08. The zero-order chi connectivity index (χ0) is 17.9. The molecule has 128 valence electrons. The molecule has 26 heavy (non-hydrogen) atoms. The molecule has 0 radical (unpaired) electrons. The summed E-state index contributed by atoms with van der Waals surface area (Å²) < 4.78 is 10.7. The highest BCUT2D eigenvalue weighted by molar-refractivity contribution is 5.63. The van der Waals surface area contributed by atoms with E-state index in [2.05, 4.69) is 26.7 Å². The maximum atomic E-state index is 8.87. The fraction of sp³-hybridized carbons (Fsp3) is 0.105. The number of anilines is 4. The van der Waals surface area contributed by atoms with Crippen molar-refractivity contribution in [2.24, 2.45) is 0 Å². The molecule has 1 aliphatic rings. The lowest BCUT2D eigenvalue weighted by atomic mass is 10.2. The standard InChI is InChI=1S/C19H15N5O2/c1-12-8-18(22-14-4-2-13(10-20)3-5-14)24-19(21-12)23-15-6-7-16-17(9-15)26-11-25-16/h2-9H,11H2,1H3,(H2,21,22,23,24). The van der Waals surface area contributed by atoms with Gasteiger partial charge >= 0.3 is 0 Å². The lowest BCUT2D eigenvalue weighted by molar-refractivity contribution is 0.174. The number of aromatic nitrogens is 2. The van der Waals surface area contributed by atoms with Crippen LogP contribution >= 0.6 is 0 Å². The predicted octanol–water partition coefficient (Wildman–Crippen LogP) is 3.87. The topological polar surface area (TPSA) is 92.1 Å². The number of nitriles is 1. The maximum absolute atomic E-state index is 8.87. The molecule has 2 heterocycles. The Morgan fingerprint density at radius 3 is 2.50 bits per heavy atom. The van der Waals surface area contributed by atoms with Crippen LogP contribution in [0.5, 0.6) is 11.5 Å². The van der Waals surface area contributed by atoms with Crippen LogP contribution in [-0.4, -0.2) is 16.8 Å². The van der Waals surface area contributed by atoms with Crippen LogP contribution in [0.4, 0.5) is 23.1 Å². The summed E-state index contributed by atoms with van der Waals surface area (Å²) in [6.07, 6.45) is 0. The van der Waals surface area contributed by atoms with Crippen LogP contribution < -0.4 is 20.1 Å². The van der Waals surface area contributed by atoms with Crippen molar-refractivity contribution < 1.29 is 9.47 Å². The van der Waals surface area contributed by atoms with Gasteiger partial charge in [-0.25, -0.2) is 4.98 Å². The SMILES string of the molecule is Cc1cc(Nc2ccc(C#N)cc2)nc(Nc2ccc3c(c2)OCO3)n1. The van der Waals surface area contributed by atoms with Crippen molar-refractivity contribution in [1.29, 1.82) is 5.26 Å². The molecule has 0 unspecified atom stereocenters. The molecule has 7 heteroatoms. The predicted molar refractivity (Wildman–Crippen MR) is 97.1 cm³/mol. The fourth-order valence-electron chi connectivity index (χ4n) is 2.57. The normalized spacial score (nSPS) is 11.7. The van der Waals surface area contributed by atoms with Crippen LogP contribution in [0.25, 0.3) is 0 Å². The third-order valence-electron chi connectivity index (χ3n) is 3.77. The number of ether oxygens (including phenoxy) is 2. The average molecular weight is 345 g/mol. The van der Waals surface area contributed by atoms with Crippen molar-refractivity contribution in [3.63, 3.8) is 0 Å². The third kappa shape index (κ3) is 3.35. The van der Waals surface area contributed by atoms with Gasteiger partial charge < -0.3 is 20.1 Å². The Balaban J connectivity index is 1.55. The van der Waals surface area contributed by atoms with Gasteiger partial charge in [-0.3, -0.25) is 0 Å². The first-order valence-corrected chi connectivity index (χ1v) is 7.99. The first-order chi connectivity index (χ1) is 12.7. The third-order valence-corrected chi connectivity index (χ3v) is 3.77. The molecule has 7 nitrogen and oxygen atoms in total. The summed E-state index contributed by atoms with van der Waals surface area (Å²) in [7, 11) is 0. The first kappa shape index (κ1) is 15.7. The zero-order valence-corrected chi connectivity index (χ0v) is 14.0. The first-order valence-electron chi connectivity index (χ1n) is 7.99. The minimum absolute atomic E-state index is 0.235. The van der Waals surface area contributed by atoms with E-state index in [1.807, 2.05) is 43.3 Å². The molecule has 0 bridgehead atoms. The van der Waals surface area contributed by atoms with Crippen LogP contribution in [0.15, 0.2) is 48.5 Å². The molecule has 1 aliphatic heterocycles. The van der Waals surface area contributed by atoms with E-state index in [9.17, 15) is 0 Å². The zero-order valence-electron chi connectivity index (χ0n) is 14.0. The number of nitrogens with one attached hydrogen (secondary N) is 2. The number of benzene rings is 2. The van der Waals surface area contributed by atoms with E-state index in [0.717, 1.165) is 22.8 Å². The summed E-state index contributed by atoms with van der Waals surface area (Å²) in [6.45, 7) is 2.13. The second kappa shape index (κ2) is 6.61. The number of fused-ring (bicyclic) bond motifs is 1. The van der Waals surface area contributed by atoms with Gasteiger partial charge in [0.1, 0.15) is 5.82 Å². The molecule has 0 fully saturated rings. The van der Waals surface area contributed by atoms with Gasteiger partial charge in [0.15, 0.2) is 11.5 Å². The molecule has 2 N–H and O–H groups in total. The van der Waals surface area contributed by atoms with Crippen LogP contribution in [0.3, 0.4) is 0 Å². The molecule has 0 aliphatic carbocycles. The van der Waals surface area contributed by atoms with Gasteiger partial charge in [-0.2, -0.15) is 10.2 Å². The minimum Gasteiger partial charge on any atom is -0.454 e. The summed E-state index contributed by atoms with van der Waals surface area (Å²) >= 11 is 0. The Kier molecular flexibility index (Phi) is 4.00. The number of rotatable bonds is 4. The molecule has 4 rings (SSSR count). The number of hydrogen-bond donors (Lipinski definition) is 2. The van der Waals surface area contributed by atoms with Crippen molar-refractivity contribution >= 4 is 23.1 Å². The van der Waals surface area contributed by atoms with Crippen LogP contribution in [-0.2, 0) is 0 Å².